The molecule has 0 radical (unpaired) electrons. The minimum atomic E-state index is 0.172. The van der Waals surface area contributed by atoms with Crippen molar-refractivity contribution in [3.05, 3.63) is 18.2 Å². The zero-order valence-corrected chi connectivity index (χ0v) is 10.9. The summed E-state index contributed by atoms with van der Waals surface area (Å²) in [6, 6.07) is 0. The van der Waals surface area contributed by atoms with Gasteiger partial charge in [0, 0.05) is 30.7 Å². The predicted molar refractivity (Wildman–Crippen MR) is 65.3 cm³/mol. The van der Waals surface area contributed by atoms with Crippen molar-refractivity contribution < 1.29 is 0 Å². The van der Waals surface area contributed by atoms with Gasteiger partial charge in [-0.3, -0.25) is 0 Å². The van der Waals surface area contributed by atoms with Crippen molar-refractivity contribution in [3.63, 3.8) is 0 Å². The minimum absolute atomic E-state index is 0.172. The van der Waals surface area contributed by atoms with E-state index < -0.39 is 0 Å². The van der Waals surface area contributed by atoms with Crippen LogP contribution in [0.3, 0.4) is 0 Å². The van der Waals surface area contributed by atoms with E-state index in [4.69, 9.17) is 11.6 Å². The van der Waals surface area contributed by atoms with E-state index in [1.807, 2.05) is 12.4 Å². The van der Waals surface area contributed by atoms with Crippen molar-refractivity contribution in [2.45, 2.75) is 52.5 Å². The minimum Gasteiger partial charge on any atom is -0.335 e. The molecular formula is C12H21ClN2. The molecule has 1 unspecified atom stereocenters. The predicted octanol–water partition coefficient (Wildman–Crippen LogP) is 3.49. The average Bonchev–Trinajstić information content (AvgIpc) is 2.59. The number of alkyl halides is 1. The Bertz CT molecular complexity index is 299. The SMILES string of the molecule is CCn1ccnc1CCC(Cl)C(C)(C)C. The number of hydrogen-bond donors (Lipinski definition) is 0. The fourth-order valence-corrected chi connectivity index (χ4v) is 1.65. The smallest absolute Gasteiger partial charge is 0.108 e. The molecule has 2 nitrogen and oxygen atoms in total. The summed E-state index contributed by atoms with van der Waals surface area (Å²) >= 11 is 6.33. The molecule has 0 saturated heterocycles. The Balaban J connectivity index is 2.50. The number of aryl methyl sites for hydroxylation is 2. The van der Waals surface area contributed by atoms with Crippen LogP contribution in [0.4, 0.5) is 0 Å². The molecule has 15 heavy (non-hydrogen) atoms. The van der Waals surface area contributed by atoms with Gasteiger partial charge in [0.2, 0.25) is 0 Å². The first-order valence-corrected chi connectivity index (χ1v) is 6.03. The van der Waals surface area contributed by atoms with E-state index in [0.717, 1.165) is 25.2 Å². The molecular weight excluding hydrogens is 208 g/mol. The van der Waals surface area contributed by atoms with E-state index in [9.17, 15) is 0 Å². The van der Waals surface area contributed by atoms with Crippen LogP contribution >= 0.6 is 11.6 Å². The Kier molecular flexibility index (Phi) is 4.21. The average molecular weight is 229 g/mol. The maximum absolute atomic E-state index is 6.33. The maximum atomic E-state index is 6.33. The Morgan fingerprint density at radius 3 is 2.67 bits per heavy atom. The molecule has 0 spiro atoms. The molecule has 3 heteroatoms. The molecule has 0 aliphatic carbocycles. The van der Waals surface area contributed by atoms with Crippen LogP contribution in [0.25, 0.3) is 0 Å². The number of hydrogen-bond acceptors (Lipinski definition) is 1. The molecule has 0 bridgehead atoms. The van der Waals surface area contributed by atoms with Crippen LogP contribution in [0.1, 0.15) is 39.9 Å². The summed E-state index contributed by atoms with van der Waals surface area (Å²) < 4.78 is 2.17. The highest BCUT2D eigenvalue weighted by Crippen LogP contribution is 2.27. The molecule has 0 aromatic carbocycles. The standard InChI is InChI=1S/C12H21ClN2/c1-5-15-9-8-14-11(15)7-6-10(13)12(2,3)4/h8-10H,5-7H2,1-4H3. The van der Waals surface area contributed by atoms with Crippen molar-refractivity contribution in [2.24, 2.45) is 5.41 Å². The Hall–Kier alpha value is -0.500. The second-order valence-electron chi connectivity index (χ2n) is 5.00. The Morgan fingerprint density at radius 2 is 2.13 bits per heavy atom. The number of nitrogens with zero attached hydrogens (tertiary/aromatic N) is 2. The van der Waals surface area contributed by atoms with Crippen LogP contribution in [0.5, 0.6) is 0 Å². The van der Waals surface area contributed by atoms with Crippen LogP contribution in [0.15, 0.2) is 12.4 Å². The zero-order valence-electron chi connectivity index (χ0n) is 10.1. The lowest BCUT2D eigenvalue weighted by Crippen LogP contribution is -2.21. The molecule has 1 aromatic rings. The fraction of sp³-hybridized carbons (Fsp3) is 0.750. The van der Waals surface area contributed by atoms with Gasteiger partial charge in [-0.2, -0.15) is 0 Å². The highest BCUT2D eigenvalue weighted by Gasteiger charge is 2.22. The molecule has 0 fully saturated rings. The third kappa shape index (κ3) is 3.53. The van der Waals surface area contributed by atoms with Crippen molar-refractivity contribution >= 4 is 11.6 Å². The van der Waals surface area contributed by atoms with Gasteiger partial charge < -0.3 is 4.57 Å². The van der Waals surface area contributed by atoms with Crippen LogP contribution in [0, 0.1) is 5.41 Å². The number of halogens is 1. The van der Waals surface area contributed by atoms with Gasteiger partial charge in [0.1, 0.15) is 5.82 Å². The maximum Gasteiger partial charge on any atom is 0.108 e. The van der Waals surface area contributed by atoms with E-state index in [-0.39, 0.29) is 10.8 Å². The Labute approximate surface area is 97.7 Å². The third-order valence-electron chi connectivity index (χ3n) is 2.70. The number of aromatic nitrogens is 2. The summed E-state index contributed by atoms with van der Waals surface area (Å²) in [7, 11) is 0. The van der Waals surface area contributed by atoms with Gasteiger partial charge >= 0.3 is 0 Å². The summed E-state index contributed by atoms with van der Waals surface area (Å²) in [4.78, 5) is 4.35. The molecule has 0 aliphatic heterocycles. The number of rotatable bonds is 4. The molecule has 86 valence electrons. The summed E-state index contributed by atoms with van der Waals surface area (Å²) in [5.41, 5.74) is 0.172. The van der Waals surface area contributed by atoms with Crippen LogP contribution < -0.4 is 0 Å². The van der Waals surface area contributed by atoms with Crippen molar-refractivity contribution in [2.75, 3.05) is 0 Å². The Morgan fingerprint density at radius 1 is 1.47 bits per heavy atom. The summed E-state index contributed by atoms with van der Waals surface area (Å²) in [5.74, 6) is 1.15. The van der Waals surface area contributed by atoms with Gasteiger partial charge in [-0.05, 0) is 18.8 Å². The van der Waals surface area contributed by atoms with Gasteiger partial charge in [0.05, 0.1) is 0 Å². The van der Waals surface area contributed by atoms with Crippen LogP contribution in [0.2, 0.25) is 0 Å². The van der Waals surface area contributed by atoms with Crippen LogP contribution in [-0.4, -0.2) is 14.9 Å². The first-order chi connectivity index (χ1) is 6.95. The number of imidazole rings is 1. The second-order valence-corrected chi connectivity index (χ2v) is 5.53. The first-order valence-electron chi connectivity index (χ1n) is 5.59. The van der Waals surface area contributed by atoms with E-state index in [1.165, 1.54) is 0 Å². The summed E-state index contributed by atoms with van der Waals surface area (Å²) in [5, 5.41) is 0.208. The quantitative estimate of drug-likeness (QED) is 0.722. The summed E-state index contributed by atoms with van der Waals surface area (Å²) in [6.07, 6.45) is 5.84. The molecule has 1 aromatic heterocycles. The van der Waals surface area contributed by atoms with E-state index in [1.54, 1.807) is 0 Å². The summed E-state index contributed by atoms with van der Waals surface area (Å²) in [6.45, 7) is 9.65. The lowest BCUT2D eigenvalue weighted by molar-refractivity contribution is 0.371. The highest BCUT2D eigenvalue weighted by molar-refractivity contribution is 6.21. The van der Waals surface area contributed by atoms with Gasteiger partial charge in [0.25, 0.3) is 0 Å². The lowest BCUT2D eigenvalue weighted by Gasteiger charge is -2.24. The molecule has 0 saturated carbocycles. The van der Waals surface area contributed by atoms with Crippen molar-refractivity contribution in [1.82, 2.24) is 9.55 Å². The van der Waals surface area contributed by atoms with Gasteiger partial charge in [-0.15, -0.1) is 11.6 Å². The zero-order chi connectivity index (χ0) is 11.5. The first kappa shape index (κ1) is 12.6. The van der Waals surface area contributed by atoms with Crippen LogP contribution in [-0.2, 0) is 13.0 Å². The largest absolute Gasteiger partial charge is 0.335 e. The van der Waals surface area contributed by atoms with E-state index in [2.05, 4.69) is 37.2 Å². The highest BCUT2D eigenvalue weighted by atomic mass is 35.5. The molecule has 1 rings (SSSR count). The monoisotopic (exact) mass is 228 g/mol. The fourth-order valence-electron chi connectivity index (χ4n) is 1.54. The molecule has 0 N–H and O–H groups in total. The van der Waals surface area contributed by atoms with E-state index in [0.29, 0.717) is 0 Å². The van der Waals surface area contributed by atoms with Crippen molar-refractivity contribution in [3.8, 4) is 0 Å². The second kappa shape index (κ2) is 5.02. The molecule has 0 aliphatic rings. The normalized spacial score (nSPS) is 14.2. The van der Waals surface area contributed by atoms with Gasteiger partial charge in [-0.25, -0.2) is 4.98 Å². The van der Waals surface area contributed by atoms with E-state index >= 15 is 0 Å². The topological polar surface area (TPSA) is 17.8 Å². The van der Waals surface area contributed by atoms with Gasteiger partial charge in [-0.1, -0.05) is 20.8 Å². The lowest BCUT2D eigenvalue weighted by atomic mass is 9.89. The molecule has 1 heterocycles. The van der Waals surface area contributed by atoms with Gasteiger partial charge in [0.15, 0.2) is 0 Å². The molecule has 1 atom stereocenters. The van der Waals surface area contributed by atoms with Crippen molar-refractivity contribution in [1.29, 1.82) is 0 Å². The molecule has 0 amide bonds. The third-order valence-corrected chi connectivity index (χ3v) is 3.58.